The van der Waals surface area contributed by atoms with Gasteiger partial charge in [-0.3, -0.25) is 9.59 Å². The fourth-order valence-corrected chi connectivity index (χ4v) is 1.95. The third-order valence-corrected chi connectivity index (χ3v) is 2.97. The topological polar surface area (TPSA) is 75.4 Å². The molecule has 7 heteroatoms. The largest absolute Gasteiger partial charge is 0.355 e. The number of carbonyl (C=O) groups excluding carboxylic acids is 2. The van der Waals surface area contributed by atoms with Crippen molar-refractivity contribution >= 4 is 29.9 Å². The number of carbonyl (C=O) groups is 2. The molecule has 2 amide bonds. The highest BCUT2D eigenvalue weighted by Gasteiger charge is 2.31. The summed E-state index contributed by atoms with van der Waals surface area (Å²) in [7, 11) is 1.47. The summed E-state index contributed by atoms with van der Waals surface area (Å²) in [5.41, 5.74) is 5.96. The van der Waals surface area contributed by atoms with E-state index < -0.39 is 11.9 Å². The molecule has 0 saturated carbocycles. The van der Waals surface area contributed by atoms with Crippen molar-refractivity contribution in [2.24, 2.45) is 5.73 Å². The Bertz CT molecular complexity index is 510. The number of nitrogens with zero attached hydrogens (tertiary/aromatic N) is 1. The van der Waals surface area contributed by atoms with Gasteiger partial charge in [0.2, 0.25) is 5.91 Å². The van der Waals surface area contributed by atoms with Gasteiger partial charge in [0.1, 0.15) is 5.82 Å². The van der Waals surface area contributed by atoms with Crippen LogP contribution in [0.5, 0.6) is 0 Å². The highest BCUT2D eigenvalue weighted by Crippen LogP contribution is 2.24. The van der Waals surface area contributed by atoms with Gasteiger partial charge in [0.05, 0.1) is 11.7 Å². The van der Waals surface area contributed by atoms with Crippen LogP contribution < -0.4 is 16.0 Å². The summed E-state index contributed by atoms with van der Waals surface area (Å²) in [5, 5.41) is 2.41. The molecule has 0 bridgehead atoms. The van der Waals surface area contributed by atoms with Crippen LogP contribution in [-0.2, 0) is 4.79 Å². The molecular weight excluding hydrogens is 273 g/mol. The van der Waals surface area contributed by atoms with Crippen LogP contribution in [0.2, 0.25) is 0 Å². The Morgan fingerprint density at radius 3 is 2.68 bits per heavy atom. The molecule has 5 nitrogen and oxygen atoms in total. The van der Waals surface area contributed by atoms with Gasteiger partial charge in [0, 0.05) is 19.2 Å². The van der Waals surface area contributed by atoms with E-state index in [1.165, 1.54) is 24.1 Å². The first-order valence-electron chi connectivity index (χ1n) is 5.63. The molecule has 1 aromatic carbocycles. The summed E-state index contributed by atoms with van der Waals surface area (Å²) in [6.45, 7) is 0.399. The Morgan fingerprint density at radius 1 is 1.53 bits per heavy atom. The second-order valence-corrected chi connectivity index (χ2v) is 4.13. The first-order valence-corrected chi connectivity index (χ1v) is 5.63. The van der Waals surface area contributed by atoms with Gasteiger partial charge >= 0.3 is 0 Å². The zero-order chi connectivity index (χ0) is 13.3. The number of rotatable bonds is 2. The highest BCUT2D eigenvalue weighted by atomic mass is 35.5. The van der Waals surface area contributed by atoms with Crippen molar-refractivity contribution in [1.29, 1.82) is 0 Å². The van der Waals surface area contributed by atoms with E-state index in [9.17, 15) is 14.0 Å². The molecule has 1 aromatic rings. The lowest BCUT2D eigenvalue weighted by Gasteiger charge is -2.17. The molecule has 1 fully saturated rings. The molecule has 0 aliphatic carbocycles. The lowest BCUT2D eigenvalue weighted by molar-refractivity contribution is -0.118. The van der Waals surface area contributed by atoms with E-state index in [2.05, 4.69) is 5.32 Å². The molecule has 1 aliphatic rings. The zero-order valence-electron chi connectivity index (χ0n) is 10.4. The zero-order valence-corrected chi connectivity index (χ0v) is 11.2. The Kier molecular flexibility index (Phi) is 4.85. The summed E-state index contributed by atoms with van der Waals surface area (Å²) < 4.78 is 13.9. The molecule has 1 heterocycles. The maximum Gasteiger partial charge on any atom is 0.251 e. The standard InChI is InChI=1S/C12H14FN3O2.ClH/c1-15-11(17)7-2-3-10(8(13)6-7)16-5-4-9(14)12(16)18;/h2-3,6,9H,4-5,14H2,1H3,(H,15,17);1H/t9-;/m0./s1. The summed E-state index contributed by atoms with van der Waals surface area (Å²) in [6, 6.07) is 3.46. The predicted octanol–water partition coefficient (Wildman–Crippen LogP) is 0.671. The van der Waals surface area contributed by atoms with Gasteiger partial charge in [-0.2, -0.15) is 0 Å². The number of halogens is 2. The van der Waals surface area contributed by atoms with Crippen molar-refractivity contribution in [3.63, 3.8) is 0 Å². The number of nitrogens with one attached hydrogen (secondary N) is 1. The van der Waals surface area contributed by atoms with Crippen LogP contribution in [0.15, 0.2) is 18.2 Å². The second kappa shape index (κ2) is 5.99. The van der Waals surface area contributed by atoms with Crippen LogP contribution >= 0.6 is 12.4 Å². The molecule has 1 atom stereocenters. The van der Waals surface area contributed by atoms with Crippen LogP contribution in [0.25, 0.3) is 0 Å². The molecule has 19 heavy (non-hydrogen) atoms. The first-order chi connectivity index (χ1) is 8.54. The number of anilines is 1. The summed E-state index contributed by atoms with van der Waals surface area (Å²) in [4.78, 5) is 24.3. The monoisotopic (exact) mass is 287 g/mol. The van der Waals surface area contributed by atoms with Crippen LogP contribution in [0.3, 0.4) is 0 Å². The Morgan fingerprint density at radius 2 is 2.21 bits per heavy atom. The van der Waals surface area contributed by atoms with Crippen molar-refractivity contribution < 1.29 is 14.0 Å². The molecule has 0 radical (unpaired) electrons. The molecule has 3 N–H and O–H groups in total. The minimum Gasteiger partial charge on any atom is -0.355 e. The lowest BCUT2D eigenvalue weighted by atomic mass is 10.1. The number of nitrogens with two attached hydrogens (primary N) is 1. The van der Waals surface area contributed by atoms with Crippen LogP contribution in [0, 0.1) is 5.82 Å². The molecular formula is C12H15ClFN3O2. The van der Waals surface area contributed by atoms with Gasteiger partial charge in [-0.25, -0.2) is 4.39 Å². The van der Waals surface area contributed by atoms with Crippen molar-refractivity contribution in [3.05, 3.63) is 29.6 Å². The fraction of sp³-hybridized carbons (Fsp3) is 0.333. The average Bonchev–Trinajstić information content (AvgIpc) is 2.69. The van der Waals surface area contributed by atoms with Crippen molar-refractivity contribution in [2.45, 2.75) is 12.5 Å². The number of hydrogen-bond acceptors (Lipinski definition) is 3. The van der Waals surface area contributed by atoms with E-state index >= 15 is 0 Å². The molecule has 1 saturated heterocycles. The van der Waals surface area contributed by atoms with Gasteiger partial charge in [-0.15, -0.1) is 12.4 Å². The van der Waals surface area contributed by atoms with Gasteiger partial charge in [-0.05, 0) is 24.6 Å². The third-order valence-electron chi connectivity index (χ3n) is 2.97. The van der Waals surface area contributed by atoms with Gasteiger partial charge < -0.3 is 16.0 Å². The number of benzene rings is 1. The third kappa shape index (κ3) is 2.85. The van der Waals surface area contributed by atoms with E-state index in [0.29, 0.717) is 13.0 Å². The minimum absolute atomic E-state index is 0. The van der Waals surface area contributed by atoms with Crippen LogP contribution in [0.1, 0.15) is 16.8 Å². The van der Waals surface area contributed by atoms with E-state index in [-0.39, 0.29) is 35.5 Å². The van der Waals surface area contributed by atoms with Gasteiger partial charge in [-0.1, -0.05) is 0 Å². The minimum atomic E-state index is -0.599. The first kappa shape index (κ1) is 15.4. The summed E-state index contributed by atoms with van der Waals surface area (Å²) >= 11 is 0. The maximum atomic E-state index is 13.9. The predicted molar refractivity (Wildman–Crippen MR) is 72.0 cm³/mol. The Labute approximate surface area is 116 Å². The SMILES string of the molecule is CNC(=O)c1ccc(N2CC[C@H](N)C2=O)c(F)c1.Cl. The smallest absolute Gasteiger partial charge is 0.251 e. The highest BCUT2D eigenvalue weighted by molar-refractivity contribution is 6.00. The van der Waals surface area contributed by atoms with Gasteiger partial charge in [0.25, 0.3) is 5.91 Å². The maximum absolute atomic E-state index is 13.9. The van der Waals surface area contributed by atoms with Crippen molar-refractivity contribution in [2.75, 3.05) is 18.5 Å². The van der Waals surface area contributed by atoms with E-state index in [0.717, 1.165) is 6.07 Å². The van der Waals surface area contributed by atoms with Crippen molar-refractivity contribution in [1.82, 2.24) is 5.32 Å². The summed E-state index contributed by atoms with van der Waals surface area (Å²) in [5.74, 6) is -1.26. The second-order valence-electron chi connectivity index (χ2n) is 4.13. The quantitative estimate of drug-likeness (QED) is 0.839. The fourth-order valence-electron chi connectivity index (χ4n) is 1.95. The van der Waals surface area contributed by atoms with E-state index in [4.69, 9.17) is 5.73 Å². The van der Waals surface area contributed by atoms with E-state index in [1.807, 2.05) is 0 Å². The molecule has 1 aliphatic heterocycles. The lowest BCUT2D eigenvalue weighted by Crippen LogP contribution is -2.34. The molecule has 0 spiro atoms. The van der Waals surface area contributed by atoms with Crippen molar-refractivity contribution in [3.8, 4) is 0 Å². The van der Waals surface area contributed by atoms with E-state index in [1.54, 1.807) is 0 Å². The van der Waals surface area contributed by atoms with Gasteiger partial charge in [0.15, 0.2) is 0 Å². The number of hydrogen-bond donors (Lipinski definition) is 2. The normalized spacial score (nSPS) is 18.2. The molecule has 0 unspecified atom stereocenters. The molecule has 0 aromatic heterocycles. The van der Waals surface area contributed by atoms with Crippen LogP contribution in [0.4, 0.5) is 10.1 Å². The Balaban J connectivity index is 0.00000180. The number of amides is 2. The molecule has 104 valence electrons. The Hall–Kier alpha value is -1.66. The summed E-state index contributed by atoms with van der Waals surface area (Å²) in [6.07, 6.45) is 0.509. The average molecular weight is 288 g/mol. The van der Waals surface area contributed by atoms with Crippen LogP contribution in [-0.4, -0.2) is 31.4 Å². The molecule has 2 rings (SSSR count).